The molecule has 2 aromatic carbocycles. The van der Waals surface area contributed by atoms with E-state index < -0.39 is 5.69 Å². The highest BCUT2D eigenvalue weighted by Crippen LogP contribution is 2.28. The van der Waals surface area contributed by atoms with Crippen molar-refractivity contribution >= 4 is 33.1 Å². The first-order valence-electron chi connectivity index (χ1n) is 10.1. The number of benzene rings is 2. The Hall–Kier alpha value is -3.45. The Morgan fingerprint density at radius 1 is 1.03 bits per heavy atom. The Kier molecular flexibility index (Phi) is 4.63. The number of amides is 1. The molecule has 1 aliphatic rings. The zero-order chi connectivity index (χ0) is 21.7. The predicted molar refractivity (Wildman–Crippen MR) is 124 cm³/mol. The molecule has 0 N–H and O–H groups in total. The first-order valence-corrected chi connectivity index (χ1v) is 11.0. The molecule has 0 bridgehead atoms. The second kappa shape index (κ2) is 7.35. The summed E-state index contributed by atoms with van der Waals surface area (Å²) in [6.07, 6.45) is 0.798. The van der Waals surface area contributed by atoms with Gasteiger partial charge in [0.1, 0.15) is 11.2 Å². The number of nitrogens with zero attached hydrogens (tertiary/aromatic N) is 3. The van der Waals surface area contributed by atoms with Gasteiger partial charge in [-0.25, -0.2) is 9.36 Å². The van der Waals surface area contributed by atoms with Gasteiger partial charge in [0.15, 0.2) is 0 Å². The molecule has 5 rings (SSSR count). The summed E-state index contributed by atoms with van der Waals surface area (Å²) in [5, 5.41) is 1.78. The van der Waals surface area contributed by atoms with Crippen molar-refractivity contribution in [3.05, 3.63) is 91.4 Å². The van der Waals surface area contributed by atoms with Crippen molar-refractivity contribution in [2.24, 2.45) is 0 Å². The van der Waals surface area contributed by atoms with Crippen LogP contribution >= 0.6 is 11.3 Å². The molecular formula is C24H21N3O3S. The Morgan fingerprint density at radius 2 is 1.84 bits per heavy atom. The van der Waals surface area contributed by atoms with E-state index in [0.29, 0.717) is 22.4 Å². The lowest BCUT2D eigenvalue weighted by atomic mass is 10.1. The van der Waals surface area contributed by atoms with Gasteiger partial charge in [-0.05, 0) is 55.0 Å². The van der Waals surface area contributed by atoms with Crippen molar-refractivity contribution in [1.29, 1.82) is 0 Å². The van der Waals surface area contributed by atoms with E-state index >= 15 is 0 Å². The standard InChI is InChI=1S/C24H21N3O3S/c1-15-7-8-18(16(2)13-15)27-23(29)22-20(10-12-31-22)26(24(27)30)14-21(28)25-11-9-17-5-3-4-6-19(17)25/h3-8,10,12-13H,9,11,14H2,1-2H3. The maximum atomic E-state index is 13.5. The summed E-state index contributed by atoms with van der Waals surface area (Å²) in [7, 11) is 0. The van der Waals surface area contributed by atoms with Crippen molar-refractivity contribution in [1.82, 2.24) is 9.13 Å². The van der Waals surface area contributed by atoms with Crippen LogP contribution in [-0.4, -0.2) is 21.6 Å². The molecule has 2 aromatic heterocycles. The van der Waals surface area contributed by atoms with Crippen LogP contribution in [0.3, 0.4) is 0 Å². The Labute approximate surface area is 182 Å². The van der Waals surface area contributed by atoms with Crippen LogP contribution in [0.1, 0.15) is 16.7 Å². The number of carbonyl (C=O) groups excluding carboxylic acids is 1. The van der Waals surface area contributed by atoms with Crippen LogP contribution < -0.4 is 16.1 Å². The average Bonchev–Trinajstić information content (AvgIpc) is 3.40. The van der Waals surface area contributed by atoms with Crippen LogP contribution in [0.5, 0.6) is 0 Å². The van der Waals surface area contributed by atoms with Crippen molar-refractivity contribution < 1.29 is 4.79 Å². The minimum atomic E-state index is -0.497. The quantitative estimate of drug-likeness (QED) is 0.499. The van der Waals surface area contributed by atoms with Gasteiger partial charge in [0, 0.05) is 12.2 Å². The molecule has 3 heterocycles. The van der Waals surface area contributed by atoms with E-state index in [1.165, 1.54) is 20.5 Å². The number of thiophene rings is 1. The molecule has 0 unspecified atom stereocenters. The number of fused-ring (bicyclic) bond motifs is 2. The lowest BCUT2D eigenvalue weighted by Crippen LogP contribution is -2.42. The summed E-state index contributed by atoms with van der Waals surface area (Å²) in [5.41, 5.74) is 4.11. The van der Waals surface area contributed by atoms with Crippen LogP contribution in [0.2, 0.25) is 0 Å². The fraction of sp³-hybridized carbons (Fsp3) is 0.208. The maximum absolute atomic E-state index is 13.5. The van der Waals surface area contributed by atoms with E-state index in [1.807, 2.05) is 50.2 Å². The number of anilines is 1. The summed E-state index contributed by atoms with van der Waals surface area (Å²) in [6, 6.07) is 15.2. The van der Waals surface area contributed by atoms with E-state index in [-0.39, 0.29) is 18.0 Å². The minimum absolute atomic E-state index is 0.119. The summed E-state index contributed by atoms with van der Waals surface area (Å²) < 4.78 is 3.09. The second-order valence-electron chi connectivity index (χ2n) is 7.86. The Bertz CT molecular complexity index is 1460. The summed E-state index contributed by atoms with van der Waals surface area (Å²) >= 11 is 1.28. The Morgan fingerprint density at radius 3 is 2.65 bits per heavy atom. The lowest BCUT2D eigenvalue weighted by Gasteiger charge is -2.19. The molecule has 1 amide bonds. The molecule has 156 valence electrons. The highest BCUT2D eigenvalue weighted by atomic mass is 32.1. The van der Waals surface area contributed by atoms with E-state index in [4.69, 9.17) is 0 Å². The van der Waals surface area contributed by atoms with Crippen molar-refractivity contribution in [2.45, 2.75) is 26.8 Å². The predicted octanol–water partition coefficient (Wildman–Crippen LogP) is 3.42. The van der Waals surface area contributed by atoms with Gasteiger partial charge in [-0.2, -0.15) is 0 Å². The summed E-state index contributed by atoms with van der Waals surface area (Å²) in [4.78, 5) is 41.6. The van der Waals surface area contributed by atoms with Gasteiger partial charge in [0.2, 0.25) is 5.91 Å². The van der Waals surface area contributed by atoms with Crippen LogP contribution in [0.15, 0.2) is 63.5 Å². The normalized spacial score (nSPS) is 13.0. The van der Waals surface area contributed by atoms with Crippen LogP contribution in [0.4, 0.5) is 5.69 Å². The van der Waals surface area contributed by atoms with Crippen LogP contribution in [0, 0.1) is 13.8 Å². The van der Waals surface area contributed by atoms with E-state index in [1.54, 1.807) is 22.4 Å². The van der Waals surface area contributed by atoms with Gasteiger partial charge in [0.25, 0.3) is 5.56 Å². The number of para-hydroxylation sites is 1. The number of carbonyl (C=O) groups is 1. The number of hydrogen-bond donors (Lipinski definition) is 0. The number of aromatic nitrogens is 2. The van der Waals surface area contributed by atoms with E-state index in [2.05, 4.69) is 0 Å². The third-order valence-corrected chi connectivity index (χ3v) is 6.72. The van der Waals surface area contributed by atoms with Gasteiger partial charge < -0.3 is 4.90 Å². The van der Waals surface area contributed by atoms with Gasteiger partial charge in [-0.1, -0.05) is 35.9 Å². The molecule has 31 heavy (non-hydrogen) atoms. The minimum Gasteiger partial charge on any atom is -0.310 e. The SMILES string of the molecule is Cc1ccc(-n2c(=O)c3sccc3n(CC(=O)N3CCc4ccccc43)c2=O)c(C)c1. The summed E-state index contributed by atoms with van der Waals surface area (Å²) in [6.45, 7) is 4.32. The number of rotatable bonds is 3. The maximum Gasteiger partial charge on any atom is 0.336 e. The molecule has 0 spiro atoms. The van der Waals surface area contributed by atoms with Gasteiger partial charge in [0.05, 0.1) is 11.2 Å². The van der Waals surface area contributed by atoms with E-state index in [0.717, 1.165) is 28.8 Å². The first kappa shape index (κ1) is 19.5. The monoisotopic (exact) mass is 431 g/mol. The highest BCUT2D eigenvalue weighted by Gasteiger charge is 2.26. The fourth-order valence-electron chi connectivity index (χ4n) is 4.33. The number of hydrogen-bond acceptors (Lipinski definition) is 4. The molecule has 0 saturated carbocycles. The third-order valence-electron chi connectivity index (χ3n) is 5.83. The molecular weight excluding hydrogens is 410 g/mol. The topological polar surface area (TPSA) is 64.3 Å². The molecule has 0 fully saturated rings. The van der Waals surface area contributed by atoms with Gasteiger partial charge in [-0.15, -0.1) is 11.3 Å². The molecule has 1 aliphatic heterocycles. The van der Waals surface area contributed by atoms with Gasteiger partial charge in [-0.3, -0.25) is 14.2 Å². The smallest absolute Gasteiger partial charge is 0.310 e. The van der Waals surface area contributed by atoms with Crippen molar-refractivity contribution in [3.63, 3.8) is 0 Å². The summed E-state index contributed by atoms with van der Waals surface area (Å²) in [5.74, 6) is -0.162. The van der Waals surface area contributed by atoms with Crippen molar-refractivity contribution in [2.75, 3.05) is 11.4 Å². The molecule has 4 aromatic rings. The molecule has 0 atom stereocenters. The Balaban J connectivity index is 1.65. The zero-order valence-corrected chi connectivity index (χ0v) is 18.1. The molecule has 0 radical (unpaired) electrons. The molecule has 6 nitrogen and oxygen atoms in total. The van der Waals surface area contributed by atoms with Crippen LogP contribution in [-0.2, 0) is 17.8 Å². The molecule has 7 heteroatoms. The molecule has 0 aliphatic carbocycles. The van der Waals surface area contributed by atoms with Crippen LogP contribution in [0.25, 0.3) is 15.9 Å². The zero-order valence-electron chi connectivity index (χ0n) is 17.3. The first-order chi connectivity index (χ1) is 15.0. The highest BCUT2D eigenvalue weighted by molar-refractivity contribution is 7.17. The largest absolute Gasteiger partial charge is 0.336 e. The van der Waals surface area contributed by atoms with E-state index in [9.17, 15) is 14.4 Å². The lowest BCUT2D eigenvalue weighted by molar-refractivity contribution is -0.119. The fourth-order valence-corrected chi connectivity index (χ4v) is 5.15. The molecule has 0 saturated heterocycles. The number of aryl methyl sites for hydroxylation is 2. The third kappa shape index (κ3) is 3.13. The average molecular weight is 432 g/mol. The van der Waals surface area contributed by atoms with Crippen molar-refractivity contribution in [3.8, 4) is 5.69 Å². The van der Waals surface area contributed by atoms with Gasteiger partial charge >= 0.3 is 5.69 Å². The second-order valence-corrected chi connectivity index (χ2v) is 8.77.